The molecule has 0 saturated carbocycles. The molecule has 32 heavy (non-hydrogen) atoms. The van der Waals surface area contributed by atoms with E-state index in [-0.39, 0.29) is 52.0 Å². The van der Waals surface area contributed by atoms with E-state index in [1.807, 2.05) is 12.1 Å². The molecule has 180 valence electrons. The monoisotopic (exact) mass is 454 g/mol. The van der Waals surface area contributed by atoms with Crippen LogP contribution in [-0.4, -0.2) is 84.6 Å². The number of ether oxygens (including phenoxy) is 2. The number of rotatable bonds is 18. The third kappa shape index (κ3) is 10.8. The highest BCUT2D eigenvalue weighted by atomic mass is 16.5. The molecule has 0 bridgehead atoms. The van der Waals surface area contributed by atoms with Crippen LogP contribution in [0.4, 0.5) is 0 Å². The molecule has 0 saturated heterocycles. The maximum Gasteiger partial charge on any atom is 0.165 e. The summed E-state index contributed by atoms with van der Waals surface area (Å²) < 4.78 is 10.3. The Bertz CT molecular complexity index is 648. The first kappa shape index (κ1) is 29.7. The Kier molecular flexibility index (Phi) is 14.4. The standard InChI is InChI=1S/C20H34N6O6/c1-19(13-23,5-3-15(29)17(11-27)31-9-7-21)25-26-20(2,14-24)6-4-16(30)18(12-28)32-10-8-22/h17-18,27-28H,3-12,21-22H2,1-2H3. The van der Waals surface area contributed by atoms with Crippen molar-refractivity contribution in [3.8, 4) is 12.1 Å². The average molecular weight is 455 g/mol. The maximum absolute atomic E-state index is 12.2. The lowest BCUT2D eigenvalue weighted by molar-refractivity contribution is -0.133. The second-order valence-corrected chi connectivity index (χ2v) is 7.57. The fourth-order valence-electron chi connectivity index (χ4n) is 2.45. The fraction of sp³-hybridized carbons (Fsp3) is 0.800. The molecule has 0 aromatic rings. The van der Waals surface area contributed by atoms with Crippen molar-refractivity contribution in [1.82, 2.24) is 0 Å². The van der Waals surface area contributed by atoms with Crippen molar-refractivity contribution in [3.63, 3.8) is 0 Å². The van der Waals surface area contributed by atoms with Gasteiger partial charge >= 0.3 is 0 Å². The van der Waals surface area contributed by atoms with Gasteiger partial charge < -0.3 is 31.2 Å². The number of hydrogen-bond acceptors (Lipinski definition) is 12. The number of nitriles is 2. The molecule has 6 N–H and O–H groups in total. The number of carbonyl (C=O) groups is 2. The zero-order valence-electron chi connectivity index (χ0n) is 18.7. The van der Waals surface area contributed by atoms with Gasteiger partial charge in [-0.25, -0.2) is 0 Å². The Balaban J connectivity index is 5.07. The van der Waals surface area contributed by atoms with Crippen LogP contribution in [0.5, 0.6) is 0 Å². The zero-order chi connectivity index (χ0) is 24.6. The highest BCUT2D eigenvalue weighted by molar-refractivity contribution is 5.83. The molecule has 0 fully saturated rings. The molecule has 4 atom stereocenters. The molecule has 0 amide bonds. The molecule has 0 aromatic carbocycles. The Morgan fingerprint density at radius 1 is 0.875 bits per heavy atom. The van der Waals surface area contributed by atoms with Crippen LogP contribution >= 0.6 is 0 Å². The van der Waals surface area contributed by atoms with E-state index in [0.29, 0.717) is 0 Å². The minimum absolute atomic E-state index is 0.00568. The molecule has 12 heteroatoms. The van der Waals surface area contributed by atoms with Crippen LogP contribution < -0.4 is 11.5 Å². The third-order valence-corrected chi connectivity index (χ3v) is 4.61. The molecule has 4 unspecified atom stereocenters. The minimum Gasteiger partial charge on any atom is -0.393 e. The predicted octanol–water partition coefficient (Wildman–Crippen LogP) is -0.626. The van der Waals surface area contributed by atoms with E-state index in [4.69, 9.17) is 20.9 Å². The molecule has 0 heterocycles. The van der Waals surface area contributed by atoms with E-state index in [0.717, 1.165) is 0 Å². The summed E-state index contributed by atoms with van der Waals surface area (Å²) in [6.07, 6.45) is -2.28. The third-order valence-electron chi connectivity index (χ3n) is 4.61. The van der Waals surface area contributed by atoms with Crippen molar-refractivity contribution in [3.05, 3.63) is 0 Å². The summed E-state index contributed by atoms with van der Waals surface area (Å²) in [5.74, 6) is -0.808. The smallest absolute Gasteiger partial charge is 0.165 e. The van der Waals surface area contributed by atoms with E-state index >= 15 is 0 Å². The number of Topliss-reactive ketones (excluding diaryl/α,β-unsaturated/α-hetero) is 2. The number of aliphatic hydroxyl groups excluding tert-OH is 2. The van der Waals surface area contributed by atoms with E-state index in [1.54, 1.807) is 0 Å². The first-order chi connectivity index (χ1) is 15.1. The van der Waals surface area contributed by atoms with Crippen LogP contribution in [0.25, 0.3) is 0 Å². The highest BCUT2D eigenvalue weighted by Gasteiger charge is 2.31. The summed E-state index contributed by atoms with van der Waals surface area (Å²) in [5, 5.41) is 45.5. The number of carbonyl (C=O) groups excluding carboxylic acids is 2. The molecule has 0 aliphatic carbocycles. The predicted molar refractivity (Wildman–Crippen MR) is 113 cm³/mol. The number of nitrogens with zero attached hydrogens (tertiary/aromatic N) is 4. The van der Waals surface area contributed by atoms with Crippen molar-refractivity contribution in [2.24, 2.45) is 21.7 Å². The molecular formula is C20H34N6O6. The second-order valence-electron chi connectivity index (χ2n) is 7.57. The van der Waals surface area contributed by atoms with Crippen molar-refractivity contribution < 1.29 is 29.3 Å². The Labute approximate surface area is 188 Å². The number of azo groups is 1. The lowest BCUT2D eigenvalue weighted by Gasteiger charge is -2.21. The van der Waals surface area contributed by atoms with E-state index < -0.39 is 48.1 Å². The van der Waals surface area contributed by atoms with Gasteiger partial charge in [0, 0.05) is 25.9 Å². The highest BCUT2D eigenvalue weighted by Crippen LogP contribution is 2.24. The largest absolute Gasteiger partial charge is 0.393 e. The fourth-order valence-corrected chi connectivity index (χ4v) is 2.45. The van der Waals surface area contributed by atoms with E-state index in [9.17, 15) is 30.3 Å². The van der Waals surface area contributed by atoms with Crippen molar-refractivity contribution in [2.75, 3.05) is 39.5 Å². The van der Waals surface area contributed by atoms with Crippen LogP contribution in [0.2, 0.25) is 0 Å². The Morgan fingerprint density at radius 3 is 1.47 bits per heavy atom. The second kappa shape index (κ2) is 15.5. The van der Waals surface area contributed by atoms with Crippen LogP contribution in [0, 0.1) is 22.7 Å². The van der Waals surface area contributed by atoms with Gasteiger partial charge in [-0.15, -0.1) is 0 Å². The zero-order valence-corrected chi connectivity index (χ0v) is 18.7. The van der Waals surface area contributed by atoms with Crippen LogP contribution in [0.1, 0.15) is 39.5 Å². The van der Waals surface area contributed by atoms with Gasteiger partial charge in [0.25, 0.3) is 0 Å². The van der Waals surface area contributed by atoms with Crippen LogP contribution in [0.15, 0.2) is 10.2 Å². The summed E-state index contributed by atoms with van der Waals surface area (Å²) in [4.78, 5) is 24.4. The molecule has 12 nitrogen and oxygen atoms in total. The van der Waals surface area contributed by atoms with Crippen LogP contribution in [-0.2, 0) is 19.1 Å². The van der Waals surface area contributed by atoms with Crippen molar-refractivity contribution in [2.45, 2.75) is 62.8 Å². The van der Waals surface area contributed by atoms with E-state index in [2.05, 4.69) is 10.2 Å². The quantitative estimate of drug-likeness (QED) is 0.192. The SMILES string of the molecule is CC(C#N)(CCC(=O)C(CO)OCCN)N=NC(C)(C#N)CCC(=O)C(CO)OCCN. The molecule has 0 rings (SSSR count). The number of nitrogens with two attached hydrogens (primary N) is 2. The van der Waals surface area contributed by atoms with Gasteiger partial charge in [-0.1, -0.05) is 0 Å². The van der Waals surface area contributed by atoms with Crippen LogP contribution in [0.3, 0.4) is 0 Å². The molecule has 0 aliphatic rings. The van der Waals surface area contributed by atoms with Crippen molar-refractivity contribution in [1.29, 1.82) is 10.5 Å². The number of hydrogen-bond donors (Lipinski definition) is 4. The topological polar surface area (TPSA) is 217 Å². The summed E-state index contributed by atoms with van der Waals surface area (Å²) in [7, 11) is 0. The van der Waals surface area contributed by atoms with Gasteiger partial charge in [-0.3, -0.25) is 9.59 Å². The van der Waals surface area contributed by atoms with Gasteiger partial charge in [-0.05, 0) is 26.7 Å². The first-order valence-corrected chi connectivity index (χ1v) is 10.3. The molecule has 0 aliphatic heterocycles. The lowest BCUT2D eigenvalue weighted by atomic mass is 9.94. The molecular weight excluding hydrogens is 420 g/mol. The summed E-state index contributed by atoms with van der Waals surface area (Å²) in [6, 6.07) is 3.94. The van der Waals surface area contributed by atoms with Gasteiger partial charge in [0.05, 0.1) is 38.6 Å². The first-order valence-electron chi connectivity index (χ1n) is 10.3. The maximum atomic E-state index is 12.2. The summed E-state index contributed by atoms with van der Waals surface area (Å²) >= 11 is 0. The summed E-state index contributed by atoms with van der Waals surface area (Å²) in [6.45, 7) is 2.53. The van der Waals surface area contributed by atoms with Gasteiger partial charge in [-0.2, -0.15) is 20.8 Å². The van der Waals surface area contributed by atoms with Gasteiger partial charge in [0.15, 0.2) is 22.6 Å². The van der Waals surface area contributed by atoms with E-state index in [1.165, 1.54) is 13.8 Å². The normalized spacial score (nSPS) is 17.0. The number of aliphatic hydroxyl groups is 2. The molecule has 0 radical (unpaired) electrons. The summed E-state index contributed by atoms with van der Waals surface area (Å²) in [5.41, 5.74) is 7.84. The number of ketones is 2. The Morgan fingerprint density at radius 2 is 1.22 bits per heavy atom. The minimum atomic E-state index is -1.40. The lowest BCUT2D eigenvalue weighted by Crippen LogP contribution is -2.33. The van der Waals surface area contributed by atoms with Gasteiger partial charge in [0.1, 0.15) is 12.2 Å². The van der Waals surface area contributed by atoms with Crippen molar-refractivity contribution >= 4 is 11.6 Å². The Hall–Kier alpha value is -2.32. The molecule has 0 spiro atoms. The molecule has 0 aromatic heterocycles. The van der Waals surface area contributed by atoms with Gasteiger partial charge in [0.2, 0.25) is 0 Å². The average Bonchev–Trinajstić information content (AvgIpc) is 2.81.